The minimum Gasteiger partial charge on any atom is -0.348 e. The lowest BCUT2D eigenvalue weighted by Gasteiger charge is -2.23. The summed E-state index contributed by atoms with van der Waals surface area (Å²) in [7, 11) is 3.51. The maximum Gasteiger partial charge on any atom is 0.240 e. The number of halogens is 1. The van der Waals surface area contributed by atoms with Crippen molar-refractivity contribution >= 4 is 23.4 Å². The summed E-state index contributed by atoms with van der Waals surface area (Å²) in [5, 5.41) is -0.472. The summed E-state index contributed by atoms with van der Waals surface area (Å²) >= 11 is 5.81. The first-order valence-corrected chi connectivity index (χ1v) is 6.71. The molecule has 6 heteroatoms. The number of amides is 2. The molecule has 18 heavy (non-hydrogen) atoms. The number of rotatable bonds is 3. The van der Waals surface area contributed by atoms with E-state index in [1.54, 1.807) is 30.8 Å². The molecule has 1 aliphatic heterocycles. The lowest BCUT2D eigenvalue weighted by Crippen LogP contribution is -2.41. The number of hydrogen-bond acceptors (Lipinski definition) is 3. The van der Waals surface area contributed by atoms with Gasteiger partial charge in [0.05, 0.1) is 6.54 Å². The standard InChI is InChI=1S/C12H22ClN3O2/c1-10(13)12(18)16-6-4-5-15(7-8-16)9-11(17)14(2)3/h10H,4-9H2,1-3H3. The van der Waals surface area contributed by atoms with E-state index in [9.17, 15) is 9.59 Å². The zero-order chi connectivity index (χ0) is 13.7. The first-order chi connectivity index (χ1) is 8.41. The Balaban J connectivity index is 2.46. The Morgan fingerprint density at radius 1 is 1.22 bits per heavy atom. The predicted molar refractivity (Wildman–Crippen MR) is 71.6 cm³/mol. The first kappa shape index (κ1) is 15.2. The summed E-state index contributed by atoms with van der Waals surface area (Å²) in [4.78, 5) is 28.9. The number of alkyl halides is 1. The highest BCUT2D eigenvalue weighted by Crippen LogP contribution is 2.07. The molecule has 1 rings (SSSR count). The Morgan fingerprint density at radius 2 is 1.89 bits per heavy atom. The SMILES string of the molecule is CC(Cl)C(=O)N1CCCN(CC(=O)N(C)C)CC1. The van der Waals surface area contributed by atoms with Crippen LogP contribution in [0.5, 0.6) is 0 Å². The normalized spacial score (nSPS) is 19.2. The number of carbonyl (C=O) groups is 2. The Labute approximate surface area is 114 Å². The molecule has 1 aliphatic rings. The molecular weight excluding hydrogens is 254 g/mol. The van der Waals surface area contributed by atoms with Crippen LogP contribution in [0.25, 0.3) is 0 Å². The third-order valence-electron chi connectivity index (χ3n) is 3.10. The van der Waals surface area contributed by atoms with Crippen molar-refractivity contribution in [2.24, 2.45) is 0 Å². The van der Waals surface area contributed by atoms with Crippen molar-refractivity contribution in [1.82, 2.24) is 14.7 Å². The summed E-state index contributed by atoms with van der Waals surface area (Å²) in [5.41, 5.74) is 0. The van der Waals surface area contributed by atoms with Crippen LogP contribution >= 0.6 is 11.6 Å². The summed E-state index contributed by atoms with van der Waals surface area (Å²) in [6.45, 7) is 5.07. The molecule has 1 fully saturated rings. The highest BCUT2D eigenvalue weighted by molar-refractivity contribution is 6.30. The number of likely N-dealkylation sites (N-methyl/N-ethyl adjacent to an activating group) is 1. The first-order valence-electron chi connectivity index (χ1n) is 6.27. The van der Waals surface area contributed by atoms with E-state index in [0.717, 1.165) is 26.1 Å². The van der Waals surface area contributed by atoms with Gasteiger partial charge >= 0.3 is 0 Å². The molecule has 0 aromatic carbocycles. The molecule has 0 bridgehead atoms. The molecule has 0 aromatic rings. The van der Waals surface area contributed by atoms with Crippen molar-refractivity contribution in [1.29, 1.82) is 0 Å². The van der Waals surface area contributed by atoms with Crippen LogP contribution in [0.15, 0.2) is 0 Å². The van der Waals surface area contributed by atoms with E-state index in [4.69, 9.17) is 11.6 Å². The van der Waals surface area contributed by atoms with Crippen molar-refractivity contribution in [3.63, 3.8) is 0 Å². The van der Waals surface area contributed by atoms with Crippen molar-refractivity contribution in [3.05, 3.63) is 0 Å². The third-order valence-corrected chi connectivity index (χ3v) is 3.28. The Morgan fingerprint density at radius 3 is 2.44 bits per heavy atom. The molecule has 0 spiro atoms. The van der Waals surface area contributed by atoms with Gasteiger partial charge in [0.2, 0.25) is 11.8 Å². The average molecular weight is 276 g/mol. The monoisotopic (exact) mass is 275 g/mol. The summed E-state index contributed by atoms with van der Waals surface area (Å²) in [6.07, 6.45) is 0.885. The lowest BCUT2D eigenvalue weighted by molar-refractivity contribution is -0.130. The van der Waals surface area contributed by atoms with E-state index in [1.807, 2.05) is 0 Å². The van der Waals surface area contributed by atoms with Crippen LogP contribution in [0.3, 0.4) is 0 Å². The summed E-state index contributed by atoms with van der Waals surface area (Å²) in [5.74, 6) is 0.0814. The van der Waals surface area contributed by atoms with E-state index in [1.165, 1.54) is 0 Å². The smallest absolute Gasteiger partial charge is 0.240 e. The maximum absolute atomic E-state index is 11.8. The van der Waals surface area contributed by atoms with Crippen LogP contribution in [0.1, 0.15) is 13.3 Å². The number of hydrogen-bond donors (Lipinski definition) is 0. The molecule has 2 amide bonds. The van der Waals surface area contributed by atoms with Crippen LogP contribution in [-0.4, -0.2) is 78.7 Å². The van der Waals surface area contributed by atoms with E-state index < -0.39 is 5.38 Å². The van der Waals surface area contributed by atoms with Crippen LogP contribution < -0.4 is 0 Å². The molecule has 0 saturated carbocycles. The van der Waals surface area contributed by atoms with Crippen molar-refractivity contribution in [3.8, 4) is 0 Å². The van der Waals surface area contributed by atoms with Gasteiger partial charge in [-0.2, -0.15) is 0 Å². The van der Waals surface area contributed by atoms with E-state index >= 15 is 0 Å². The van der Waals surface area contributed by atoms with Crippen LogP contribution in [0.4, 0.5) is 0 Å². The largest absolute Gasteiger partial charge is 0.348 e. The predicted octanol–water partition coefficient (Wildman–Crippen LogP) is 0.236. The Kier molecular flexibility index (Phi) is 5.88. The quantitative estimate of drug-likeness (QED) is 0.693. The highest BCUT2D eigenvalue weighted by atomic mass is 35.5. The molecule has 1 heterocycles. The molecule has 1 unspecified atom stereocenters. The van der Waals surface area contributed by atoms with Gasteiger partial charge in [0.15, 0.2) is 0 Å². The van der Waals surface area contributed by atoms with Crippen LogP contribution in [0.2, 0.25) is 0 Å². The molecule has 104 valence electrons. The van der Waals surface area contributed by atoms with Gasteiger partial charge in [-0.05, 0) is 13.3 Å². The van der Waals surface area contributed by atoms with E-state index in [2.05, 4.69) is 4.90 Å². The van der Waals surface area contributed by atoms with Gasteiger partial charge in [-0.3, -0.25) is 14.5 Å². The second-order valence-corrected chi connectivity index (χ2v) is 5.51. The molecule has 1 atom stereocenters. The van der Waals surface area contributed by atoms with Crippen molar-refractivity contribution in [2.45, 2.75) is 18.7 Å². The fourth-order valence-electron chi connectivity index (χ4n) is 1.93. The zero-order valence-electron chi connectivity index (χ0n) is 11.4. The van der Waals surface area contributed by atoms with Gasteiger partial charge in [-0.25, -0.2) is 0 Å². The summed E-state index contributed by atoms with van der Waals surface area (Å²) < 4.78 is 0. The van der Waals surface area contributed by atoms with Gasteiger partial charge in [0.1, 0.15) is 5.38 Å². The van der Waals surface area contributed by atoms with Crippen molar-refractivity contribution < 1.29 is 9.59 Å². The van der Waals surface area contributed by atoms with Crippen LogP contribution in [0, 0.1) is 0 Å². The van der Waals surface area contributed by atoms with Crippen LogP contribution in [-0.2, 0) is 9.59 Å². The van der Waals surface area contributed by atoms with E-state index in [-0.39, 0.29) is 11.8 Å². The lowest BCUT2D eigenvalue weighted by atomic mass is 10.3. The zero-order valence-corrected chi connectivity index (χ0v) is 12.1. The number of carbonyl (C=O) groups excluding carboxylic acids is 2. The summed E-state index contributed by atoms with van der Waals surface area (Å²) in [6, 6.07) is 0. The third kappa shape index (κ3) is 4.46. The molecule has 0 aromatic heterocycles. The van der Waals surface area contributed by atoms with Gasteiger partial charge < -0.3 is 9.80 Å². The maximum atomic E-state index is 11.8. The molecule has 0 radical (unpaired) electrons. The average Bonchev–Trinajstić information content (AvgIpc) is 2.53. The fraction of sp³-hybridized carbons (Fsp3) is 0.833. The Bertz CT molecular complexity index is 308. The van der Waals surface area contributed by atoms with Crippen molar-refractivity contribution in [2.75, 3.05) is 46.8 Å². The van der Waals surface area contributed by atoms with Gasteiger partial charge in [0.25, 0.3) is 0 Å². The van der Waals surface area contributed by atoms with E-state index in [0.29, 0.717) is 13.1 Å². The van der Waals surface area contributed by atoms with Gasteiger partial charge in [-0.1, -0.05) is 0 Å². The molecule has 5 nitrogen and oxygen atoms in total. The molecule has 0 N–H and O–H groups in total. The highest BCUT2D eigenvalue weighted by Gasteiger charge is 2.23. The molecule has 1 saturated heterocycles. The number of nitrogens with zero attached hydrogens (tertiary/aromatic N) is 3. The fourth-order valence-corrected chi connectivity index (χ4v) is 2.07. The Hall–Kier alpha value is -0.810. The molecular formula is C12H22ClN3O2. The van der Waals surface area contributed by atoms with Gasteiger partial charge in [-0.15, -0.1) is 11.6 Å². The second kappa shape index (κ2) is 6.95. The minimum atomic E-state index is -0.472. The second-order valence-electron chi connectivity index (χ2n) is 4.86. The minimum absolute atomic E-state index is 0.0162. The topological polar surface area (TPSA) is 43.9 Å². The molecule has 0 aliphatic carbocycles. The van der Waals surface area contributed by atoms with Gasteiger partial charge in [0, 0.05) is 40.3 Å².